The first-order valence-corrected chi connectivity index (χ1v) is 8.99. The fourth-order valence-electron chi connectivity index (χ4n) is 3.64. The summed E-state index contributed by atoms with van der Waals surface area (Å²) < 4.78 is 0. The Morgan fingerprint density at radius 1 is 0.885 bits per heavy atom. The molecular weight excluding hydrogens is 367 g/mol. The van der Waals surface area contributed by atoms with E-state index < -0.39 is 0 Å². The van der Waals surface area contributed by atoms with Gasteiger partial charge >= 0.3 is 0 Å². The van der Waals surface area contributed by atoms with E-state index in [1.807, 2.05) is 25.1 Å². The first kappa shape index (κ1) is 17.0. The van der Waals surface area contributed by atoms with Crippen molar-refractivity contribution in [1.82, 2.24) is 0 Å². The Morgan fingerprint density at radius 2 is 1.62 bits per heavy atom. The zero-order valence-corrected chi connectivity index (χ0v) is 15.5. The summed E-state index contributed by atoms with van der Waals surface area (Å²) in [5, 5.41) is 20.7. The highest BCUT2D eigenvalue weighted by Gasteiger charge is 2.30. The van der Waals surface area contributed by atoms with Gasteiger partial charge in [0.25, 0.3) is 0 Å². The van der Waals surface area contributed by atoms with Gasteiger partial charge in [-0.05, 0) is 64.6 Å². The third-order valence-electron chi connectivity index (χ3n) is 4.81. The van der Waals surface area contributed by atoms with Crippen LogP contribution in [0.1, 0.15) is 33.7 Å². The van der Waals surface area contributed by atoms with Gasteiger partial charge in [0.15, 0.2) is 0 Å². The van der Waals surface area contributed by atoms with Gasteiger partial charge in [0.2, 0.25) is 0 Å². The molecule has 130 valence electrons. The van der Waals surface area contributed by atoms with E-state index >= 15 is 0 Å². The molecule has 26 heavy (non-hydrogen) atoms. The van der Waals surface area contributed by atoms with Crippen molar-refractivity contribution in [3.63, 3.8) is 0 Å². The standard InChI is InChI=1S/C22H16Cl2O2/c1-12-7-14(25)8-17-15(12)9-18(22(17)13-5-3-2-4-6-13)16-10-20(24)21(26)11-19(16)23/h2-11,22,25-26H,1H3. The van der Waals surface area contributed by atoms with Crippen LogP contribution in [-0.4, -0.2) is 10.2 Å². The summed E-state index contributed by atoms with van der Waals surface area (Å²) in [6, 6.07) is 16.8. The summed E-state index contributed by atoms with van der Waals surface area (Å²) in [7, 11) is 0. The fraction of sp³-hybridized carbons (Fsp3) is 0.0909. The third-order valence-corrected chi connectivity index (χ3v) is 5.42. The summed E-state index contributed by atoms with van der Waals surface area (Å²) in [5.74, 6) is 0.128. The van der Waals surface area contributed by atoms with Crippen LogP contribution in [-0.2, 0) is 0 Å². The molecule has 2 N–H and O–H groups in total. The predicted octanol–water partition coefficient (Wildman–Crippen LogP) is 6.40. The van der Waals surface area contributed by atoms with Crippen LogP contribution in [0.2, 0.25) is 10.0 Å². The van der Waals surface area contributed by atoms with E-state index in [4.69, 9.17) is 23.2 Å². The van der Waals surface area contributed by atoms with Crippen LogP contribution in [0.15, 0.2) is 54.6 Å². The van der Waals surface area contributed by atoms with Gasteiger partial charge in [-0.15, -0.1) is 0 Å². The monoisotopic (exact) mass is 382 g/mol. The number of aryl methyl sites for hydroxylation is 1. The van der Waals surface area contributed by atoms with E-state index in [0.717, 1.165) is 33.4 Å². The van der Waals surface area contributed by atoms with Gasteiger partial charge in [0.05, 0.1) is 10.0 Å². The third kappa shape index (κ3) is 2.76. The highest BCUT2D eigenvalue weighted by atomic mass is 35.5. The van der Waals surface area contributed by atoms with Crippen molar-refractivity contribution in [2.24, 2.45) is 0 Å². The Hall–Kier alpha value is -2.42. The molecule has 4 heteroatoms. The van der Waals surface area contributed by atoms with E-state index in [1.54, 1.807) is 18.2 Å². The number of aromatic hydroxyl groups is 2. The SMILES string of the molecule is Cc1cc(O)cc2c1C=C(c1cc(Cl)c(O)cc1Cl)C2c1ccccc1. The number of hydrogen-bond acceptors (Lipinski definition) is 2. The van der Waals surface area contributed by atoms with Gasteiger partial charge in [0, 0.05) is 12.0 Å². The second-order valence-electron chi connectivity index (χ2n) is 6.49. The molecule has 0 radical (unpaired) electrons. The van der Waals surface area contributed by atoms with Crippen molar-refractivity contribution in [2.75, 3.05) is 0 Å². The molecule has 0 aromatic heterocycles. The maximum absolute atomic E-state index is 10.1. The van der Waals surface area contributed by atoms with Crippen LogP contribution >= 0.6 is 23.2 Å². The molecule has 2 nitrogen and oxygen atoms in total. The van der Waals surface area contributed by atoms with Gasteiger partial charge in [0.1, 0.15) is 11.5 Å². The van der Waals surface area contributed by atoms with Crippen molar-refractivity contribution in [3.05, 3.63) is 92.5 Å². The van der Waals surface area contributed by atoms with Gasteiger partial charge in [-0.3, -0.25) is 0 Å². The molecule has 0 amide bonds. The molecule has 4 rings (SSSR count). The summed E-state index contributed by atoms with van der Waals surface area (Å²) in [4.78, 5) is 0. The summed E-state index contributed by atoms with van der Waals surface area (Å²) in [6.45, 7) is 1.98. The van der Waals surface area contributed by atoms with Crippen LogP contribution in [0.3, 0.4) is 0 Å². The number of phenolic OH excluding ortho intramolecular Hbond substituents is 2. The van der Waals surface area contributed by atoms with E-state index in [0.29, 0.717) is 5.02 Å². The van der Waals surface area contributed by atoms with Crippen LogP contribution in [0.4, 0.5) is 0 Å². The lowest BCUT2D eigenvalue weighted by atomic mass is 9.85. The Bertz CT molecular complexity index is 1040. The minimum atomic E-state index is -0.0740. The van der Waals surface area contributed by atoms with Crippen molar-refractivity contribution < 1.29 is 10.2 Å². The molecule has 3 aromatic carbocycles. The highest BCUT2D eigenvalue weighted by Crippen LogP contribution is 2.50. The molecular formula is C22H16Cl2O2. The molecule has 0 saturated carbocycles. The average molecular weight is 383 g/mol. The van der Waals surface area contributed by atoms with Gasteiger partial charge < -0.3 is 10.2 Å². The summed E-state index contributed by atoms with van der Waals surface area (Å²) >= 11 is 12.6. The molecule has 0 saturated heterocycles. The Kier molecular flexibility index (Phi) is 4.18. The Balaban J connectivity index is 1.98. The van der Waals surface area contributed by atoms with Crippen molar-refractivity contribution in [3.8, 4) is 11.5 Å². The van der Waals surface area contributed by atoms with Crippen LogP contribution < -0.4 is 0 Å². The number of fused-ring (bicyclic) bond motifs is 1. The number of benzene rings is 3. The lowest BCUT2D eigenvalue weighted by Crippen LogP contribution is -2.02. The van der Waals surface area contributed by atoms with Gasteiger partial charge in [-0.1, -0.05) is 53.5 Å². The van der Waals surface area contributed by atoms with Crippen molar-refractivity contribution in [2.45, 2.75) is 12.8 Å². The van der Waals surface area contributed by atoms with E-state index in [-0.39, 0.29) is 22.4 Å². The predicted molar refractivity (Wildman–Crippen MR) is 107 cm³/mol. The van der Waals surface area contributed by atoms with Gasteiger partial charge in [-0.2, -0.15) is 0 Å². The molecule has 1 unspecified atom stereocenters. The van der Waals surface area contributed by atoms with E-state index in [1.165, 1.54) is 6.07 Å². The molecule has 1 aliphatic rings. The lowest BCUT2D eigenvalue weighted by molar-refractivity contribution is 0.474. The number of rotatable bonds is 2. The van der Waals surface area contributed by atoms with E-state index in [9.17, 15) is 10.2 Å². The molecule has 0 aliphatic heterocycles. The maximum atomic E-state index is 10.1. The number of phenols is 2. The molecule has 0 fully saturated rings. The molecule has 3 aromatic rings. The van der Waals surface area contributed by atoms with Crippen LogP contribution in [0, 0.1) is 6.92 Å². The molecule has 0 bridgehead atoms. The van der Waals surface area contributed by atoms with Crippen LogP contribution in [0.25, 0.3) is 11.6 Å². The second-order valence-corrected chi connectivity index (χ2v) is 7.31. The Morgan fingerprint density at radius 3 is 2.35 bits per heavy atom. The van der Waals surface area contributed by atoms with Crippen molar-refractivity contribution >= 4 is 34.9 Å². The zero-order chi connectivity index (χ0) is 18.4. The maximum Gasteiger partial charge on any atom is 0.135 e. The number of hydrogen-bond donors (Lipinski definition) is 2. The molecule has 0 spiro atoms. The van der Waals surface area contributed by atoms with Gasteiger partial charge in [-0.25, -0.2) is 0 Å². The Labute approximate surface area is 162 Å². The second kappa shape index (κ2) is 6.39. The van der Waals surface area contributed by atoms with Crippen LogP contribution in [0.5, 0.6) is 11.5 Å². The molecule has 0 heterocycles. The minimum absolute atomic E-state index is 0.0402. The van der Waals surface area contributed by atoms with E-state index in [2.05, 4.69) is 18.2 Å². The zero-order valence-electron chi connectivity index (χ0n) is 14.0. The number of allylic oxidation sites excluding steroid dienone is 1. The lowest BCUT2D eigenvalue weighted by Gasteiger charge is -2.19. The largest absolute Gasteiger partial charge is 0.508 e. The first-order valence-electron chi connectivity index (χ1n) is 8.24. The minimum Gasteiger partial charge on any atom is -0.508 e. The average Bonchev–Trinajstić information content (AvgIpc) is 2.98. The normalized spacial score (nSPS) is 15.7. The molecule has 1 atom stereocenters. The smallest absolute Gasteiger partial charge is 0.135 e. The summed E-state index contributed by atoms with van der Waals surface area (Å²) in [5.41, 5.74) is 5.97. The summed E-state index contributed by atoms with van der Waals surface area (Å²) in [6.07, 6.45) is 2.09. The topological polar surface area (TPSA) is 40.5 Å². The highest BCUT2D eigenvalue weighted by molar-refractivity contribution is 6.35. The quantitative estimate of drug-likeness (QED) is 0.538. The first-order chi connectivity index (χ1) is 12.5. The van der Waals surface area contributed by atoms with Crippen molar-refractivity contribution in [1.29, 1.82) is 0 Å². The fourth-order valence-corrected chi connectivity index (χ4v) is 4.07. The molecule has 1 aliphatic carbocycles. The number of halogens is 2.